The highest BCUT2D eigenvalue weighted by Gasteiger charge is 2.61. The summed E-state index contributed by atoms with van der Waals surface area (Å²) >= 11 is 17.2. The average molecular weight is 1010 g/mol. The van der Waals surface area contributed by atoms with Crippen LogP contribution in [0.1, 0.15) is 77.0 Å². The standard InChI is InChI=1S/C12H16Br2N2O.C12H16N2O.Br2.I2.HNO/c1-15-12(5-3-2-4-6-12)16-8-7-9(17-16)11(14)10(8)13;1-13-12(7-3-2-4-8-12)14-10-5-6-11(9-10)15-14;3*1-2/h8-11H,2-7H2;5-6,10-11H,2-4,7-9H2;;;1H. The van der Waals surface area contributed by atoms with E-state index in [1.165, 1.54) is 25.7 Å². The molecule has 5 fully saturated rings. The van der Waals surface area contributed by atoms with Crippen LogP contribution >= 0.6 is 97.3 Å². The number of fused-ring (bicyclic) bond motifs is 4. The van der Waals surface area contributed by atoms with Gasteiger partial charge in [-0.3, -0.25) is 19.4 Å². The van der Waals surface area contributed by atoms with E-state index in [-0.39, 0.29) is 23.5 Å². The Kier molecular flexibility index (Phi) is 16.6. The van der Waals surface area contributed by atoms with Crippen molar-refractivity contribution in [1.29, 1.82) is 5.59 Å². The van der Waals surface area contributed by atoms with Crippen LogP contribution in [0.5, 0.6) is 0 Å². The SMILES string of the molecule is BrBr.II.N=O.[C-]#[N+]C1(N2OC3C=CC2C3)CCCCC1.[C-]#[N+]C1(N2OC3CC2C(Br)C3Br)CCCCC1. The molecule has 2 saturated heterocycles. The number of hydrogen-bond donors (Lipinski definition) is 1. The van der Waals surface area contributed by atoms with Gasteiger partial charge in [0.25, 0.3) is 0 Å². The zero-order valence-corrected chi connectivity index (χ0v) is 31.5. The molecule has 0 amide bonds. The highest BCUT2D eigenvalue weighted by molar-refractivity contribution is 15.0. The molecule has 0 aromatic carbocycles. The van der Waals surface area contributed by atoms with Crippen molar-refractivity contribution in [2.24, 2.45) is 0 Å². The number of nitroso groups, excluding NO2 is 1. The lowest BCUT2D eigenvalue weighted by molar-refractivity contribution is -0.234. The number of alkyl halides is 2. The maximum absolute atomic E-state index is 7.58. The van der Waals surface area contributed by atoms with Crippen LogP contribution in [0.3, 0.4) is 0 Å². The van der Waals surface area contributed by atoms with E-state index >= 15 is 0 Å². The lowest BCUT2D eigenvalue weighted by atomic mass is 9.88. The van der Waals surface area contributed by atoms with E-state index in [4.69, 9.17) is 27.7 Å². The third kappa shape index (κ3) is 7.73. The molecule has 2 aliphatic heterocycles. The molecule has 38 heavy (non-hydrogen) atoms. The van der Waals surface area contributed by atoms with Crippen molar-refractivity contribution >= 4 is 97.3 Å². The van der Waals surface area contributed by atoms with E-state index in [1.54, 1.807) is 0 Å². The van der Waals surface area contributed by atoms with E-state index in [9.17, 15) is 0 Å². The van der Waals surface area contributed by atoms with Gasteiger partial charge in [-0.25, -0.2) is 13.1 Å². The second-order valence-corrected chi connectivity index (χ2v) is 12.2. The van der Waals surface area contributed by atoms with E-state index in [0.29, 0.717) is 21.7 Å². The van der Waals surface area contributed by atoms with Crippen molar-refractivity contribution < 1.29 is 9.68 Å². The molecule has 14 heteroatoms. The Hall–Kier alpha value is 1.54. The van der Waals surface area contributed by atoms with E-state index in [2.05, 4.69) is 125 Å². The van der Waals surface area contributed by atoms with Gasteiger partial charge in [0, 0.05) is 102 Å². The number of nitrogens with zero attached hydrogens (tertiary/aromatic N) is 4. The maximum atomic E-state index is 7.58. The van der Waals surface area contributed by atoms with Crippen LogP contribution in [-0.4, -0.2) is 55.4 Å². The molecule has 6 aliphatic rings. The number of halogens is 6. The third-order valence-electron chi connectivity index (χ3n) is 8.17. The van der Waals surface area contributed by atoms with Gasteiger partial charge in [-0.2, -0.15) is 4.91 Å². The summed E-state index contributed by atoms with van der Waals surface area (Å²) in [5.41, 5.74) is 3.78. The Morgan fingerprint density at radius 3 is 1.66 bits per heavy atom. The first-order valence-corrected chi connectivity index (χ1v) is 24.5. The van der Waals surface area contributed by atoms with E-state index in [1.807, 2.05) is 10.1 Å². The molecule has 0 spiro atoms. The van der Waals surface area contributed by atoms with Crippen molar-refractivity contribution in [2.75, 3.05) is 0 Å². The summed E-state index contributed by atoms with van der Waals surface area (Å²) in [6.45, 7) is 15.1. The summed E-state index contributed by atoms with van der Waals surface area (Å²) < 4.78 is 0. The molecule has 0 aromatic rings. The van der Waals surface area contributed by atoms with Gasteiger partial charge in [0.2, 0.25) is 0 Å². The molecule has 3 saturated carbocycles. The molecule has 0 radical (unpaired) electrons. The minimum Gasteiger partial charge on any atom is -0.290 e. The highest BCUT2D eigenvalue weighted by atomic mass is 128. The van der Waals surface area contributed by atoms with Crippen molar-refractivity contribution in [1.82, 2.24) is 10.1 Å². The summed E-state index contributed by atoms with van der Waals surface area (Å²) in [6, 6.07) is 0.721. The normalized spacial score (nSPS) is 35.5. The molecule has 1 N–H and O–H groups in total. The predicted octanol–water partition coefficient (Wildman–Crippen LogP) is 9.79. The van der Waals surface area contributed by atoms with E-state index < -0.39 is 0 Å². The minimum atomic E-state index is -0.378. The van der Waals surface area contributed by atoms with Crippen LogP contribution < -0.4 is 0 Å². The van der Waals surface area contributed by atoms with Crippen molar-refractivity contribution in [3.05, 3.63) is 39.9 Å². The zero-order chi connectivity index (χ0) is 28.3. The number of hydrogen-bond acceptors (Lipinski definition) is 6. The van der Waals surface area contributed by atoms with Crippen molar-refractivity contribution in [3.8, 4) is 0 Å². The maximum Gasteiger partial charge on any atom is 0.309 e. The molecule has 0 aromatic heterocycles. The van der Waals surface area contributed by atoms with Crippen LogP contribution in [0.15, 0.2) is 12.2 Å². The minimum absolute atomic E-state index is 0.241. The largest absolute Gasteiger partial charge is 0.309 e. The van der Waals surface area contributed by atoms with Crippen molar-refractivity contribution in [2.45, 2.75) is 122 Å². The Morgan fingerprint density at radius 1 is 0.789 bits per heavy atom. The molecule has 8 nitrogen and oxygen atoms in total. The molecule has 6 atom stereocenters. The van der Waals surface area contributed by atoms with Crippen LogP contribution in [0.25, 0.3) is 9.69 Å². The summed E-state index contributed by atoms with van der Waals surface area (Å²) in [5, 5.41) is 4.05. The predicted molar refractivity (Wildman–Crippen MR) is 182 cm³/mol. The van der Waals surface area contributed by atoms with Crippen LogP contribution in [-0.2, 0) is 9.68 Å². The summed E-state index contributed by atoms with van der Waals surface area (Å²) in [6.07, 6.45) is 18.0. The van der Waals surface area contributed by atoms with Gasteiger partial charge < -0.3 is 0 Å². The van der Waals surface area contributed by atoms with Gasteiger partial charge in [-0.15, -0.1) is 10.1 Å². The molecule has 2 heterocycles. The topological polar surface area (TPSA) is 74.6 Å². The Morgan fingerprint density at radius 2 is 1.29 bits per heavy atom. The molecule has 214 valence electrons. The molecule has 4 aliphatic carbocycles. The van der Waals surface area contributed by atoms with Gasteiger partial charge in [-0.1, -0.05) is 62.4 Å². The lowest BCUT2D eigenvalue weighted by Gasteiger charge is -2.40. The fourth-order valence-electron chi connectivity index (χ4n) is 6.40. The smallest absolute Gasteiger partial charge is 0.290 e. The third-order valence-corrected chi connectivity index (χ3v) is 11.2. The van der Waals surface area contributed by atoms with Crippen LogP contribution in [0.2, 0.25) is 0 Å². The lowest BCUT2D eigenvalue weighted by Crippen LogP contribution is -2.55. The van der Waals surface area contributed by atoms with Gasteiger partial charge >= 0.3 is 11.3 Å². The quantitative estimate of drug-likeness (QED) is 0.0982. The number of nitrogens with one attached hydrogen (secondary N) is 1. The molecular formula is C24H33Br4I2N5O3. The Balaban J connectivity index is 0.000000225. The molecule has 6 unspecified atom stereocenters. The first kappa shape index (κ1) is 35.7. The van der Waals surface area contributed by atoms with Gasteiger partial charge in [0.15, 0.2) is 0 Å². The van der Waals surface area contributed by atoms with Gasteiger partial charge in [0.05, 0.1) is 29.1 Å². The first-order valence-electron chi connectivity index (χ1n) is 12.7. The molecular weight excluding hydrogens is 980 g/mol. The van der Waals surface area contributed by atoms with Crippen molar-refractivity contribution in [3.63, 3.8) is 0 Å². The highest BCUT2D eigenvalue weighted by Crippen LogP contribution is 2.49. The summed E-state index contributed by atoms with van der Waals surface area (Å²) in [5.74, 6) is 0. The number of hydroxylamine groups is 4. The Bertz CT molecular complexity index is 850. The van der Waals surface area contributed by atoms with Gasteiger partial charge in [0.1, 0.15) is 0 Å². The fourth-order valence-corrected chi connectivity index (χ4v) is 7.84. The number of rotatable bonds is 2. The van der Waals surface area contributed by atoms with E-state index in [0.717, 1.165) is 51.4 Å². The molecule has 6 rings (SSSR count). The second-order valence-electron chi connectivity index (χ2n) is 10.1. The Labute approximate surface area is 281 Å². The first-order chi connectivity index (χ1) is 18.5. The van der Waals surface area contributed by atoms with Crippen LogP contribution in [0.4, 0.5) is 0 Å². The van der Waals surface area contributed by atoms with Crippen LogP contribution in [0, 0.1) is 23.6 Å². The monoisotopic (exact) mass is 1010 g/mol. The second kappa shape index (κ2) is 17.6. The zero-order valence-electron chi connectivity index (χ0n) is 20.9. The van der Waals surface area contributed by atoms with Gasteiger partial charge in [-0.05, 0) is 32.1 Å². The summed E-state index contributed by atoms with van der Waals surface area (Å²) in [4.78, 5) is 28.0. The molecule has 4 bridgehead atoms. The average Bonchev–Trinajstić information content (AvgIpc) is 3.81. The summed E-state index contributed by atoms with van der Waals surface area (Å²) in [7, 11) is 0. The fraction of sp³-hybridized carbons (Fsp3) is 0.833.